The first-order chi connectivity index (χ1) is 12.0. The van der Waals surface area contributed by atoms with Crippen LogP contribution in [0.5, 0.6) is 5.75 Å². The molecular formula is C19H26ClNO4. The van der Waals surface area contributed by atoms with Crippen LogP contribution < -0.4 is 4.74 Å². The van der Waals surface area contributed by atoms with Crippen molar-refractivity contribution >= 4 is 23.5 Å². The molecule has 6 heteroatoms. The summed E-state index contributed by atoms with van der Waals surface area (Å²) in [6.07, 6.45) is 1.33. The third kappa shape index (κ3) is 5.11. The SMILES string of the molecule is CCOC(=O)C1CCN(C(=O)[C@@H](CC)Oc2ccc(Cl)c(C)c2)CC1. The van der Waals surface area contributed by atoms with E-state index in [1.165, 1.54) is 0 Å². The van der Waals surface area contributed by atoms with E-state index in [4.69, 9.17) is 21.1 Å². The van der Waals surface area contributed by atoms with E-state index in [-0.39, 0.29) is 17.8 Å². The van der Waals surface area contributed by atoms with Crippen molar-refractivity contribution in [1.29, 1.82) is 0 Å². The molecule has 0 saturated carbocycles. The van der Waals surface area contributed by atoms with E-state index in [1.54, 1.807) is 24.0 Å². The first kappa shape index (κ1) is 19.6. The van der Waals surface area contributed by atoms with Crippen LogP contribution in [0.15, 0.2) is 18.2 Å². The Balaban J connectivity index is 1.94. The molecule has 0 bridgehead atoms. The number of hydrogen-bond donors (Lipinski definition) is 0. The number of likely N-dealkylation sites (tertiary alicyclic amines) is 1. The van der Waals surface area contributed by atoms with E-state index in [9.17, 15) is 9.59 Å². The van der Waals surface area contributed by atoms with Gasteiger partial charge in [0.25, 0.3) is 5.91 Å². The van der Waals surface area contributed by atoms with Gasteiger partial charge < -0.3 is 14.4 Å². The molecule has 1 saturated heterocycles. The molecule has 1 fully saturated rings. The minimum absolute atomic E-state index is 0.0302. The van der Waals surface area contributed by atoms with Gasteiger partial charge in [0, 0.05) is 18.1 Å². The van der Waals surface area contributed by atoms with E-state index in [2.05, 4.69) is 0 Å². The average Bonchev–Trinajstić information content (AvgIpc) is 2.62. The molecule has 1 aliphatic heterocycles. The van der Waals surface area contributed by atoms with Gasteiger partial charge in [-0.15, -0.1) is 0 Å². The van der Waals surface area contributed by atoms with Crippen LogP contribution in [-0.2, 0) is 14.3 Å². The van der Waals surface area contributed by atoms with Crippen molar-refractivity contribution in [3.8, 4) is 5.75 Å². The van der Waals surface area contributed by atoms with Crippen molar-refractivity contribution in [2.45, 2.75) is 46.1 Å². The Hall–Kier alpha value is -1.75. The van der Waals surface area contributed by atoms with Crippen molar-refractivity contribution < 1.29 is 19.1 Å². The first-order valence-corrected chi connectivity index (χ1v) is 9.22. The van der Waals surface area contributed by atoms with Gasteiger partial charge in [-0.3, -0.25) is 9.59 Å². The first-order valence-electron chi connectivity index (χ1n) is 8.84. The monoisotopic (exact) mass is 367 g/mol. The highest BCUT2D eigenvalue weighted by molar-refractivity contribution is 6.31. The Bertz CT molecular complexity index is 611. The molecule has 5 nitrogen and oxygen atoms in total. The number of rotatable bonds is 6. The highest BCUT2D eigenvalue weighted by atomic mass is 35.5. The van der Waals surface area contributed by atoms with Crippen LogP contribution in [-0.4, -0.2) is 42.6 Å². The molecule has 1 aromatic carbocycles. The lowest BCUT2D eigenvalue weighted by Crippen LogP contribution is -2.46. The third-order valence-electron chi connectivity index (χ3n) is 4.48. The fourth-order valence-electron chi connectivity index (χ4n) is 2.96. The van der Waals surface area contributed by atoms with Crippen LogP contribution in [0.2, 0.25) is 5.02 Å². The lowest BCUT2D eigenvalue weighted by Gasteiger charge is -2.33. The second kappa shape index (κ2) is 9.09. The summed E-state index contributed by atoms with van der Waals surface area (Å²) in [4.78, 5) is 26.3. The van der Waals surface area contributed by atoms with Gasteiger partial charge in [-0.2, -0.15) is 0 Å². The van der Waals surface area contributed by atoms with Crippen molar-refractivity contribution in [1.82, 2.24) is 4.90 Å². The summed E-state index contributed by atoms with van der Waals surface area (Å²) in [5.41, 5.74) is 0.914. The van der Waals surface area contributed by atoms with Crippen LogP contribution in [0.3, 0.4) is 0 Å². The largest absolute Gasteiger partial charge is 0.481 e. The summed E-state index contributed by atoms with van der Waals surface area (Å²) in [6, 6.07) is 5.39. The molecular weight excluding hydrogens is 342 g/mol. The lowest BCUT2D eigenvalue weighted by molar-refractivity contribution is -0.152. The maximum Gasteiger partial charge on any atom is 0.309 e. The average molecular weight is 368 g/mol. The minimum atomic E-state index is -0.528. The highest BCUT2D eigenvalue weighted by Gasteiger charge is 2.31. The topological polar surface area (TPSA) is 55.8 Å². The maximum absolute atomic E-state index is 12.7. The molecule has 1 atom stereocenters. The summed E-state index contributed by atoms with van der Waals surface area (Å²) in [5, 5.41) is 0.674. The molecule has 2 rings (SSSR count). The predicted molar refractivity (Wildman–Crippen MR) is 96.8 cm³/mol. The summed E-state index contributed by atoms with van der Waals surface area (Å²) in [5.74, 6) is 0.347. The molecule has 0 aliphatic carbocycles. The molecule has 25 heavy (non-hydrogen) atoms. The molecule has 1 aromatic rings. The van der Waals surface area contributed by atoms with E-state index < -0.39 is 6.10 Å². The number of benzene rings is 1. The summed E-state index contributed by atoms with van der Waals surface area (Å²) in [7, 11) is 0. The number of hydrogen-bond acceptors (Lipinski definition) is 4. The number of halogens is 1. The fraction of sp³-hybridized carbons (Fsp3) is 0.579. The van der Waals surface area contributed by atoms with Gasteiger partial charge in [0.15, 0.2) is 6.10 Å². The molecule has 0 N–H and O–H groups in total. The number of ether oxygens (including phenoxy) is 2. The van der Waals surface area contributed by atoms with Crippen molar-refractivity contribution in [2.24, 2.45) is 5.92 Å². The number of carbonyl (C=O) groups excluding carboxylic acids is 2. The van der Waals surface area contributed by atoms with E-state index in [1.807, 2.05) is 19.9 Å². The summed E-state index contributed by atoms with van der Waals surface area (Å²) >= 11 is 6.03. The van der Waals surface area contributed by atoms with Crippen LogP contribution in [0.4, 0.5) is 0 Å². The minimum Gasteiger partial charge on any atom is -0.481 e. The lowest BCUT2D eigenvalue weighted by atomic mass is 9.96. The van der Waals surface area contributed by atoms with Crippen LogP contribution in [0.25, 0.3) is 0 Å². The normalized spacial score (nSPS) is 16.4. The van der Waals surface area contributed by atoms with Crippen molar-refractivity contribution in [2.75, 3.05) is 19.7 Å². The number of esters is 1. The Morgan fingerprint density at radius 3 is 2.52 bits per heavy atom. The van der Waals surface area contributed by atoms with Crippen molar-refractivity contribution in [3.05, 3.63) is 28.8 Å². The second-order valence-electron chi connectivity index (χ2n) is 6.28. The van der Waals surface area contributed by atoms with Gasteiger partial charge in [0.2, 0.25) is 0 Å². The van der Waals surface area contributed by atoms with Gasteiger partial charge in [-0.05, 0) is 56.9 Å². The zero-order valence-corrected chi connectivity index (χ0v) is 15.8. The molecule has 1 heterocycles. The number of carbonyl (C=O) groups is 2. The zero-order valence-electron chi connectivity index (χ0n) is 15.1. The standard InChI is InChI=1S/C19H26ClNO4/c1-4-17(25-15-6-7-16(20)13(3)12-15)18(22)21-10-8-14(9-11-21)19(23)24-5-2/h6-7,12,14,17H,4-5,8-11H2,1-3H3/t17-/m1/s1. The molecule has 0 radical (unpaired) electrons. The summed E-state index contributed by atoms with van der Waals surface area (Å²) in [6.45, 7) is 7.14. The molecule has 1 amide bonds. The number of aryl methyl sites for hydroxylation is 1. The molecule has 0 aromatic heterocycles. The summed E-state index contributed by atoms with van der Waals surface area (Å²) < 4.78 is 11.0. The predicted octanol–water partition coefficient (Wildman–Crippen LogP) is 3.61. The molecule has 0 spiro atoms. The Morgan fingerprint density at radius 1 is 1.28 bits per heavy atom. The van der Waals surface area contributed by atoms with Gasteiger partial charge in [-0.25, -0.2) is 0 Å². The number of amides is 1. The number of piperidine rings is 1. The Labute approximate surface area is 154 Å². The van der Waals surface area contributed by atoms with Gasteiger partial charge in [0.05, 0.1) is 12.5 Å². The van der Waals surface area contributed by atoms with Crippen LogP contribution in [0, 0.1) is 12.8 Å². The molecule has 138 valence electrons. The van der Waals surface area contributed by atoms with Crippen LogP contribution in [0.1, 0.15) is 38.7 Å². The molecule has 1 aliphatic rings. The van der Waals surface area contributed by atoms with Crippen LogP contribution >= 0.6 is 11.6 Å². The Kier molecular flexibility index (Phi) is 7.12. The van der Waals surface area contributed by atoms with E-state index in [0.29, 0.717) is 49.7 Å². The maximum atomic E-state index is 12.7. The van der Waals surface area contributed by atoms with Crippen molar-refractivity contribution in [3.63, 3.8) is 0 Å². The van der Waals surface area contributed by atoms with E-state index >= 15 is 0 Å². The smallest absolute Gasteiger partial charge is 0.309 e. The quantitative estimate of drug-likeness (QED) is 0.721. The fourth-order valence-corrected chi connectivity index (χ4v) is 3.08. The third-order valence-corrected chi connectivity index (χ3v) is 4.90. The van der Waals surface area contributed by atoms with E-state index in [0.717, 1.165) is 5.56 Å². The zero-order chi connectivity index (χ0) is 18.4. The highest BCUT2D eigenvalue weighted by Crippen LogP contribution is 2.24. The van der Waals surface area contributed by atoms with Gasteiger partial charge >= 0.3 is 5.97 Å². The molecule has 0 unspecified atom stereocenters. The Morgan fingerprint density at radius 2 is 1.96 bits per heavy atom. The van der Waals surface area contributed by atoms with Gasteiger partial charge in [-0.1, -0.05) is 18.5 Å². The van der Waals surface area contributed by atoms with Gasteiger partial charge in [0.1, 0.15) is 5.75 Å². The number of nitrogens with zero attached hydrogens (tertiary/aromatic N) is 1. The second-order valence-corrected chi connectivity index (χ2v) is 6.68.